The fourth-order valence-electron chi connectivity index (χ4n) is 1.60. The molecule has 19 heavy (non-hydrogen) atoms. The minimum Gasteiger partial charge on any atom is -0.382 e. The number of fused-ring (bicyclic) bond motifs is 1. The Bertz CT molecular complexity index is 518. The Hall–Kier alpha value is -0.880. The first-order valence-corrected chi connectivity index (χ1v) is 7.36. The molecule has 0 fully saturated rings. The molecular formula is C13H17ClN2O2S. The first-order chi connectivity index (χ1) is 9.31. The molecule has 2 aromatic rings. The van der Waals surface area contributed by atoms with E-state index in [1.165, 1.54) is 0 Å². The highest BCUT2D eigenvalue weighted by molar-refractivity contribution is 7.22. The summed E-state index contributed by atoms with van der Waals surface area (Å²) in [7, 11) is 1.67. The average Bonchev–Trinajstić information content (AvgIpc) is 2.82. The number of methoxy groups -OCH3 is 1. The molecule has 0 atom stereocenters. The van der Waals surface area contributed by atoms with Crippen molar-refractivity contribution in [3.05, 3.63) is 23.2 Å². The van der Waals surface area contributed by atoms with Gasteiger partial charge in [-0.25, -0.2) is 4.98 Å². The van der Waals surface area contributed by atoms with E-state index in [4.69, 9.17) is 21.1 Å². The van der Waals surface area contributed by atoms with Crippen molar-refractivity contribution in [3.63, 3.8) is 0 Å². The Balaban J connectivity index is 1.74. The molecule has 1 aromatic carbocycles. The van der Waals surface area contributed by atoms with E-state index in [0.29, 0.717) is 13.2 Å². The summed E-state index contributed by atoms with van der Waals surface area (Å²) in [6.45, 7) is 2.85. The summed E-state index contributed by atoms with van der Waals surface area (Å²) in [5.74, 6) is 0. The van der Waals surface area contributed by atoms with Gasteiger partial charge in [0.05, 0.1) is 28.5 Å². The van der Waals surface area contributed by atoms with Crippen LogP contribution in [0, 0.1) is 0 Å². The second-order valence-electron chi connectivity index (χ2n) is 3.99. The first kappa shape index (κ1) is 14.5. The summed E-state index contributed by atoms with van der Waals surface area (Å²) in [5, 5.41) is 4.95. The molecule has 1 N–H and O–H groups in total. The summed E-state index contributed by atoms with van der Waals surface area (Å²) in [6, 6.07) is 5.77. The zero-order valence-corrected chi connectivity index (χ0v) is 12.4. The van der Waals surface area contributed by atoms with Crippen molar-refractivity contribution in [3.8, 4) is 0 Å². The molecule has 0 spiro atoms. The Morgan fingerprint density at radius 2 is 2.21 bits per heavy atom. The molecule has 0 saturated heterocycles. The summed E-state index contributed by atoms with van der Waals surface area (Å²) in [4.78, 5) is 4.48. The van der Waals surface area contributed by atoms with E-state index in [1.807, 2.05) is 18.2 Å². The molecule has 0 amide bonds. The molecule has 6 heteroatoms. The molecular weight excluding hydrogens is 284 g/mol. The molecule has 0 bridgehead atoms. The highest BCUT2D eigenvalue weighted by Crippen LogP contribution is 2.31. The maximum atomic E-state index is 6.11. The molecule has 0 aliphatic heterocycles. The highest BCUT2D eigenvalue weighted by Gasteiger charge is 2.05. The van der Waals surface area contributed by atoms with Gasteiger partial charge >= 0.3 is 0 Å². The van der Waals surface area contributed by atoms with Crippen LogP contribution in [0.4, 0.5) is 5.13 Å². The van der Waals surface area contributed by atoms with Gasteiger partial charge in [0.25, 0.3) is 0 Å². The van der Waals surface area contributed by atoms with Gasteiger partial charge in [0.2, 0.25) is 0 Å². The van der Waals surface area contributed by atoms with Gasteiger partial charge in [0, 0.05) is 20.3 Å². The van der Waals surface area contributed by atoms with Crippen molar-refractivity contribution in [1.29, 1.82) is 0 Å². The van der Waals surface area contributed by atoms with Gasteiger partial charge in [0.15, 0.2) is 5.13 Å². The van der Waals surface area contributed by atoms with Gasteiger partial charge in [-0.1, -0.05) is 29.0 Å². The molecule has 1 aromatic heterocycles. The van der Waals surface area contributed by atoms with Crippen LogP contribution in [0.5, 0.6) is 0 Å². The fraction of sp³-hybridized carbons (Fsp3) is 0.462. The highest BCUT2D eigenvalue weighted by atomic mass is 35.5. The second kappa shape index (κ2) is 7.65. The lowest BCUT2D eigenvalue weighted by atomic mass is 10.3. The predicted octanol–water partition coefficient (Wildman–Crippen LogP) is 3.41. The van der Waals surface area contributed by atoms with Crippen LogP contribution in [0.2, 0.25) is 5.02 Å². The third kappa shape index (κ3) is 4.31. The topological polar surface area (TPSA) is 43.4 Å². The maximum absolute atomic E-state index is 6.11. The van der Waals surface area contributed by atoms with E-state index in [2.05, 4.69) is 10.3 Å². The summed E-state index contributed by atoms with van der Waals surface area (Å²) in [6.07, 6.45) is 0.938. The number of hydrogen-bond donors (Lipinski definition) is 1. The minimum absolute atomic E-state index is 0.643. The monoisotopic (exact) mass is 300 g/mol. The van der Waals surface area contributed by atoms with Crippen molar-refractivity contribution in [2.24, 2.45) is 0 Å². The van der Waals surface area contributed by atoms with Crippen molar-refractivity contribution in [1.82, 2.24) is 4.98 Å². The molecule has 104 valence electrons. The van der Waals surface area contributed by atoms with Gasteiger partial charge in [-0.3, -0.25) is 0 Å². The fourth-order valence-corrected chi connectivity index (χ4v) is 2.79. The quantitative estimate of drug-likeness (QED) is 0.759. The van der Waals surface area contributed by atoms with E-state index in [-0.39, 0.29) is 0 Å². The van der Waals surface area contributed by atoms with Crippen LogP contribution in [-0.2, 0) is 9.47 Å². The van der Waals surface area contributed by atoms with Crippen LogP contribution >= 0.6 is 22.9 Å². The predicted molar refractivity (Wildman–Crippen MR) is 80.4 cm³/mol. The van der Waals surface area contributed by atoms with Crippen LogP contribution < -0.4 is 5.32 Å². The Kier molecular flexibility index (Phi) is 5.85. The molecule has 1 heterocycles. The second-order valence-corrected chi connectivity index (χ2v) is 5.40. The molecule has 2 rings (SSSR count). The smallest absolute Gasteiger partial charge is 0.183 e. The molecule has 0 radical (unpaired) electrons. The molecule has 0 aliphatic rings. The van der Waals surface area contributed by atoms with E-state index in [1.54, 1.807) is 18.4 Å². The molecule has 0 saturated carbocycles. The van der Waals surface area contributed by atoms with Gasteiger partial charge < -0.3 is 14.8 Å². The summed E-state index contributed by atoms with van der Waals surface area (Å²) < 4.78 is 11.3. The van der Waals surface area contributed by atoms with Crippen LogP contribution in [0.3, 0.4) is 0 Å². The lowest BCUT2D eigenvalue weighted by molar-refractivity contribution is 0.0705. The number of rotatable bonds is 8. The van der Waals surface area contributed by atoms with Crippen molar-refractivity contribution >= 4 is 38.3 Å². The van der Waals surface area contributed by atoms with Crippen LogP contribution in [0.15, 0.2) is 18.2 Å². The number of halogens is 1. The number of nitrogens with zero attached hydrogens (tertiary/aromatic N) is 1. The Morgan fingerprint density at radius 3 is 3.00 bits per heavy atom. The van der Waals surface area contributed by atoms with Gasteiger partial charge in [-0.15, -0.1) is 0 Å². The van der Waals surface area contributed by atoms with Crippen LogP contribution in [0.25, 0.3) is 10.2 Å². The van der Waals surface area contributed by atoms with Crippen LogP contribution in [0.1, 0.15) is 6.42 Å². The van der Waals surface area contributed by atoms with E-state index in [0.717, 1.165) is 39.9 Å². The first-order valence-electron chi connectivity index (χ1n) is 6.17. The Labute approximate surface area is 121 Å². The lowest BCUT2D eigenvalue weighted by Gasteiger charge is -2.04. The summed E-state index contributed by atoms with van der Waals surface area (Å²) in [5.41, 5.74) is 0.941. The zero-order valence-electron chi connectivity index (χ0n) is 10.8. The normalized spacial score (nSPS) is 11.1. The average molecular weight is 301 g/mol. The summed E-state index contributed by atoms with van der Waals surface area (Å²) >= 11 is 7.69. The Morgan fingerprint density at radius 1 is 1.32 bits per heavy atom. The zero-order chi connectivity index (χ0) is 13.5. The third-order valence-corrected chi connectivity index (χ3v) is 4.03. The van der Waals surface area contributed by atoms with E-state index < -0.39 is 0 Å². The van der Waals surface area contributed by atoms with E-state index >= 15 is 0 Å². The SMILES string of the molecule is COCCOCCCNc1nc2cccc(Cl)c2s1. The van der Waals surface area contributed by atoms with Gasteiger partial charge in [-0.05, 0) is 18.6 Å². The number of anilines is 1. The molecule has 4 nitrogen and oxygen atoms in total. The third-order valence-electron chi connectivity index (χ3n) is 2.54. The van der Waals surface area contributed by atoms with Crippen molar-refractivity contribution < 1.29 is 9.47 Å². The molecule has 0 unspecified atom stereocenters. The number of aromatic nitrogens is 1. The standard InChI is InChI=1S/C13H17ClN2O2S/c1-17-8-9-18-7-3-6-15-13-16-11-5-2-4-10(14)12(11)19-13/h2,4-5H,3,6-9H2,1H3,(H,15,16). The van der Waals surface area contributed by atoms with Crippen molar-refractivity contribution in [2.75, 3.05) is 38.8 Å². The number of benzene rings is 1. The number of ether oxygens (including phenoxy) is 2. The maximum Gasteiger partial charge on any atom is 0.183 e. The number of nitrogens with one attached hydrogen (secondary N) is 1. The van der Waals surface area contributed by atoms with Gasteiger partial charge in [0.1, 0.15) is 0 Å². The largest absolute Gasteiger partial charge is 0.382 e. The van der Waals surface area contributed by atoms with Crippen LogP contribution in [-0.4, -0.2) is 38.5 Å². The number of thiazole rings is 1. The molecule has 0 aliphatic carbocycles. The van der Waals surface area contributed by atoms with E-state index in [9.17, 15) is 0 Å². The van der Waals surface area contributed by atoms with Crippen molar-refractivity contribution in [2.45, 2.75) is 6.42 Å². The number of hydrogen-bond acceptors (Lipinski definition) is 5. The minimum atomic E-state index is 0.643. The van der Waals surface area contributed by atoms with Gasteiger partial charge in [-0.2, -0.15) is 0 Å². The lowest BCUT2D eigenvalue weighted by Crippen LogP contribution is -2.08.